The van der Waals surface area contributed by atoms with E-state index in [1.165, 1.54) is 0 Å². The van der Waals surface area contributed by atoms with Crippen molar-refractivity contribution in [3.8, 4) is 0 Å². The molecular weight excluding hydrogens is 230 g/mol. The van der Waals surface area contributed by atoms with Crippen molar-refractivity contribution in [2.75, 3.05) is 16.8 Å². The molecule has 1 unspecified atom stereocenters. The number of hydrogen-bond acceptors (Lipinski definition) is 3. The molecule has 0 saturated carbocycles. The van der Waals surface area contributed by atoms with Gasteiger partial charge in [0.1, 0.15) is 0 Å². The molecule has 0 spiro atoms. The number of amides is 2. The number of nitrogens with two attached hydrogens (primary N) is 1. The van der Waals surface area contributed by atoms with E-state index in [1.807, 2.05) is 18.2 Å². The molecule has 5 heteroatoms. The van der Waals surface area contributed by atoms with E-state index < -0.39 is 6.04 Å². The molecule has 1 saturated heterocycles. The molecule has 3 N–H and O–H groups in total. The zero-order valence-electron chi connectivity index (χ0n) is 10.3. The van der Waals surface area contributed by atoms with Gasteiger partial charge < -0.3 is 16.0 Å². The number of para-hydroxylation sites is 2. The van der Waals surface area contributed by atoms with Crippen molar-refractivity contribution < 1.29 is 9.59 Å². The topological polar surface area (TPSA) is 75.4 Å². The second-order valence-electron chi connectivity index (χ2n) is 4.44. The summed E-state index contributed by atoms with van der Waals surface area (Å²) >= 11 is 0. The Morgan fingerprint density at radius 3 is 2.78 bits per heavy atom. The summed E-state index contributed by atoms with van der Waals surface area (Å²) in [6.45, 7) is 2.32. The Kier molecular flexibility index (Phi) is 3.62. The van der Waals surface area contributed by atoms with Gasteiger partial charge in [-0.1, -0.05) is 12.1 Å². The van der Waals surface area contributed by atoms with Crippen LogP contribution in [0.25, 0.3) is 0 Å². The van der Waals surface area contributed by atoms with Crippen molar-refractivity contribution in [2.45, 2.75) is 25.8 Å². The summed E-state index contributed by atoms with van der Waals surface area (Å²) in [6.07, 6.45) is 1.42. The van der Waals surface area contributed by atoms with E-state index in [4.69, 9.17) is 5.73 Å². The Morgan fingerprint density at radius 1 is 1.44 bits per heavy atom. The van der Waals surface area contributed by atoms with Gasteiger partial charge in [0.15, 0.2) is 0 Å². The van der Waals surface area contributed by atoms with E-state index in [2.05, 4.69) is 5.32 Å². The lowest BCUT2D eigenvalue weighted by Crippen LogP contribution is -2.33. The van der Waals surface area contributed by atoms with E-state index in [9.17, 15) is 9.59 Å². The predicted octanol–water partition coefficient (Wildman–Crippen LogP) is 1.10. The van der Waals surface area contributed by atoms with E-state index in [-0.39, 0.29) is 11.8 Å². The third kappa shape index (κ3) is 2.51. The monoisotopic (exact) mass is 247 g/mol. The molecule has 1 fully saturated rings. The van der Waals surface area contributed by atoms with Gasteiger partial charge in [0, 0.05) is 13.0 Å². The minimum Gasteiger partial charge on any atom is -0.323 e. The molecule has 5 nitrogen and oxygen atoms in total. The molecule has 1 atom stereocenters. The Balaban J connectivity index is 2.25. The number of hydrogen-bond donors (Lipinski definition) is 2. The number of anilines is 2. The molecule has 2 amide bonds. The summed E-state index contributed by atoms with van der Waals surface area (Å²) < 4.78 is 0. The molecule has 1 aromatic rings. The van der Waals surface area contributed by atoms with Crippen LogP contribution in [0.5, 0.6) is 0 Å². The lowest BCUT2D eigenvalue weighted by molar-refractivity contribution is -0.118. The number of nitrogens with zero attached hydrogens (tertiary/aromatic N) is 1. The highest BCUT2D eigenvalue weighted by Gasteiger charge is 2.24. The molecule has 96 valence electrons. The first-order valence-electron chi connectivity index (χ1n) is 6.05. The van der Waals surface area contributed by atoms with Gasteiger partial charge >= 0.3 is 0 Å². The molecule has 1 heterocycles. The molecule has 0 aliphatic carbocycles. The van der Waals surface area contributed by atoms with Gasteiger partial charge in [-0.3, -0.25) is 9.59 Å². The van der Waals surface area contributed by atoms with Gasteiger partial charge in [-0.2, -0.15) is 0 Å². The third-order valence-corrected chi connectivity index (χ3v) is 2.94. The van der Waals surface area contributed by atoms with E-state index in [0.29, 0.717) is 18.7 Å². The van der Waals surface area contributed by atoms with Crippen LogP contribution in [0.4, 0.5) is 11.4 Å². The quantitative estimate of drug-likeness (QED) is 0.839. The summed E-state index contributed by atoms with van der Waals surface area (Å²) in [4.78, 5) is 25.1. The van der Waals surface area contributed by atoms with Crippen LogP contribution in [0.1, 0.15) is 19.8 Å². The zero-order chi connectivity index (χ0) is 13.1. The van der Waals surface area contributed by atoms with Crippen molar-refractivity contribution in [1.82, 2.24) is 0 Å². The van der Waals surface area contributed by atoms with Gasteiger partial charge in [0.25, 0.3) is 0 Å². The summed E-state index contributed by atoms with van der Waals surface area (Å²) in [5, 5.41) is 2.75. The van der Waals surface area contributed by atoms with Crippen molar-refractivity contribution in [1.29, 1.82) is 0 Å². The van der Waals surface area contributed by atoms with Gasteiger partial charge in [0.05, 0.1) is 17.4 Å². The predicted molar refractivity (Wildman–Crippen MR) is 70.3 cm³/mol. The minimum absolute atomic E-state index is 0.0949. The Bertz CT molecular complexity index is 471. The third-order valence-electron chi connectivity index (χ3n) is 2.94. The van der Waals surface area contributed by atoms with E-state index >= 15 is 0 Å². The first-order valence-corrected chi connectivity index (χ1v) is 6.05. The van der Waals surface area contributed by atoms with Crippen LogP contribution in [-0.4, -0.2) is 24.4 Å². The molecule has 1 aromatic carbocycles. The van der Waals surface area contributed by atoms with Crippen LogP contribution in [0.3, 0.4) is 0 Å². The average Bonchev–Trinajstić information content (AvgIpc) is 2.76. The number of nitrogens with one attached hydrogen (secondary N) is 1. The van der Waals surface area contributed by atoms with Crippen LogP contribution < -0.4 is 16.0 Å². The maximum Gasteiger partial charge on any atom is 0.241 e. The fourth-order valence-corrected chi connectivity index (χ4v) is 1.96. The van der Waals surface area contributed by atoms with Gasteiger partial charge in [-0.25, -0.2) is 0 Å². The molecule has 1 aliphatic heterocycles. The standard InChI is InChI=1S/C13H17N3O2/c1-9(14)13(18)15-10-5-2-3-6-11(10)16-8-4-7-12(16)17/h2-3,5-6,9H,4,7-8,14H2,1H3,(H,15,18). The van der Waals surface area contributed by atoms with Gasteiger partial charge in [-0.15, -0.1) is 0 Å². The van der Waals surface area contributed by atoms with Crippen LogP contribution in [0, 0.1) is 0 Å². The Morgan fingerprint density at radius 2 is 2.17 bits per heavy atom. The summed E-state index contributed by atoms with van der Waals surface area (Å²) in [6, 6.07) is 6.71. The Hall–Kier alpha value is -1.88. The average molecular weight is 247 g/mol. The number of rotatable bonds is 3. The molecule has 0 bridgehead atoms. The van der Waals surface area contributed by atoms with Gasteiger partial charge in [-0.05, 0) is 25.5 Å². The normalized spacial score (nSPS) is 16.8. The molecule has 0 radical (unpaired) electrons. The maximum atomic E-state index is 11.7. The second kappa shape index (κ2) is 5.18. The zero-order valence-corrected chi connectivity index (χ0v) is 10.3. The first-order chi connectivity index (χ1) is 8.59. The van der Waals surface area contributed by atoms with E-state index in [0.717, 1.165) is 12.1 Å². The van der Waals surface area contributed by atoms with Crippen LogP contribution in [-0.2, 0) is 9.59 Å². The van der Waals surface area contributed by atoms with Crippen LogP contribution >= 0.6 is 0 Å². The molecule has 1 aliphatic rings. The van der Waals surface area contributed by atoms with Gasteiger partial charge in [0.2, 0.25) is 11.8 Å². The first kappa shape index (κ1) is 12.6. The lowest BCUT2D eigenvalue weighted by atomic mass is 10.2. The van der Waals surface area contributed by atoms with Crippen molar-refractivity contribution >= 4 is 23.2 Å². The summed E-state index contributed by atoms with van der Waals surface area (Å²) in [5.41, 5.74) is 6.90. The summed E-state index contributed by atoms with van der Waals surface area (Å²) in [7, 11) is 0. The highest BCUT2D eigenvalue weighted by atomic mass is 16.2. The van der Waals surface area contributed by atoms with Crippen LogP contribution in [0.2, 0.25) is 0 Å². The van der Waals surface area contributed by atoms with Crippen molar-refractivity contribution in [2.24, 2.45) is 5.73 Å². The fraction of sp³-hybridized carbons (Fsp3) is 0.385. The second-order valence-corrected chi connectivity index (χ2v) is 4.44. The Labute approximate surface area is 106 Å². The summed E-state index contributed by atoms with van der Waals surface area (Å²) in [5.74, 6) is -0.161. The van der Waals surface area contributed by atoms with Crippen molar-refractivity contribution in [3.05, 3.63) is 24.3 Å². The minimum atomic E-state index is -0.577. The highest BCUT2D eigenvalue weighted by Crippen LogP contribution is 2.29. The highest BCUT2D eigenvalue weighted by molar-refractivity contribution is 6.03. The van der Waals surface area contributed by atoms with Crippen molar-refractivity contribution in [3.63, 3.8) is 0 Å². The number of benzene rings is 1. The van der Waals surface area contributed by atoms with E-state index in [1.54, 1.807) is 17.9 Å². The number of carbonyl (C=O) groups excluding carboxylic acids is 2. The molecular formula is C13H17N3O2. The smallest absolute Gasteiger partial charge is 0.241 e. The largest absolute Gasteiger partial charge is 0.323 e. The SMILES string of the molecule is CC(N)C(=O)Nc1ccccc1N1CCCC1=O. The molecule has 2 rings (SSSR count). The maximum absolute atomic E-state index is 11.7. The fourth-order valence-electron chi connectivity index (χ4n) is 1.96. The number of carbonyl (C=O) groups is 2. The lowest BCUT2D eigenvalue weighted by Gasteiger charge is -2.20. The molecule has 18 heavy (non-hydrogen) atoms. The van der Waals surface area contributed by atoms with Crippen LogP contribution in [0.15, 0.2) is 24.3 Å². The molecule has 0 aromatic heterocycles.